The van der Waals surface area contributed by atoms with Crippen molar-refractivity contribution in [1.82, 2.24) is 19.5 Å². The van der Waals surface area contributed by atoms with E-state index in [9.17, 15) is 0 Å². The molecule has 0 saturated heterocycles. The Hall–Kier alpha value is -3.99. The van der Waals surface area contributed by atoms with Crippen LogP contribution in [-0.4, -0.2) is 19.5 Å². The molecule has 5 heteroatoms. The molecule has 0 spiro atoms. The highest BCUT2D eigenvalue weighted by Crippen LogP contribution is 2.27. The normalized spacial score (nSPS) is 11.1. The fourth-order valence-corrected chi connectivity index (χ4v) is 4.20. The van der Waals surface area contributed by atoms with E-state index in [1.54, 1.807) is 6.20 Å². The van der Waals surface area contributed by atoms with Gasteiger partial charge in [-0.1, -0.05) is 24.3 Å². The van der Waals surface area contributed by atoms with E-state index in [1.165, 1.54) is 16.7 Å². The minimum Gasteiger partial charge on any atom is -0.484 e. The van der Waals surface area contributed by atoms with Crippen LogP contribution in [0.1, 0.15) is 28.2 Å². The molecule has 0 saturated carbocycles. The summed E-state index contributed by atoms with van der Waals surface area (Å²) in [5, 5.41) is 0. The largest absolute Gasteiger partial charge is 0.484 e. The minimum absolute atomic E-state index is 0.372. The van der Waals surface area contributed by atoms with Crippen LogP contribution in [0.5, 0.6) is 5.75 Å². The predicted molar refractivity (Wildman–Crippen MR) is 131 cm³/mol. The zero-order valence-electron chi connectivity index (χ0n) is 19.1. The summed E-state index contributed by atoms with van der Waals surface area (Å²) in [7, 11) is 0. The second-order valence-electron chi connectivity index (χ2n) is 8.30. The molecule has 5 rings (SSSR count). The number of aryl methyl sites for hydroxylation is 3. The van der Waals surface area contributed by atoms with Crippen LogP contribution >= 0.6 is 0 Å². The lowest BCUT2D eigenvalue weighted by atomic mass is 10.0. The molecule has 5 aromatic rings. The van der Waals surface area contributed by atoms with E-state index < -0.39 is 0 Å². The van der Waals surface area contributed by atoms with Gasteiger partial charge in [0.2, 0.25) is 0 Å². The topological polar surface area (TPSA) is 52.8 Å². The predicted octanol–water partition coefficient (Wildman–Crippen LogP) is 6.05. The van der Waals surface area contributed by atoms with E-state index in [4.69, 9.17) is 9.72 Å². The fourth-order valence-electron chi connectivity index (χ4n) is 4.20. The van der Waals surface area contributed by atoms with Gasteiger partial charge in [0.1, 0.15) is 18.2 Å². The molecule has 0 amide bonds. The first-order valence-corrected chi connectivity index (χ1v) is 11.1. The lowest BCUT2D eigenvalue weighted by Gasteiger charge is -2.15. The first-order valence-electron chi connectivity index (χ1n) is 11.1. The summed E-state index contributed by atoms with van der Waals surface area (Å²) in [4.78, 5) is 13.4. The van der Waals surface area contributed by atoms with Crippen molar-refractivity contribution in [2.24, 2.45) is 0 Å². The summed E-state index contributed by atoms with van der Waals surface area (Å²) in [6.07, 6.45) is 5.42. The molecule has 5 nitrogen and oxygen atoms in total. The van der Waals surface area contributed by atoms with Crippen molar-refractivity contribution in [3.63, 3.8) is 0 Å². The second kappa shape index (κ2) is 8.87. The number of imidazole rings is 1. The van der Waals surface area contributed by atoms with Crippen molar-refractivity contribution in [3.05, 3.63) is 107 Å². The number of ether oxygens (including phenoxy) is 1. The quantitative estimate of drug-likeness (QED) is 0.327. The lowest BCUT2D eigenvalue weighted by Crippen LogP contribution is -2.10. The van der Waals surface area contributed by atoms with Gasteiger partial charge < -0.3 is 9.30 Å². The Bertz CT molecular complexity index is 1400. The van der Waals surface area contributed by atoms with E-state index in [1.807, 2.05) is 43.6 Å². The number of hydrogen-bond acceptors (Lipinski definition) is 4. The van der Waals surface area contributed by atoms with Gasteiger partial charge in [-0.25, -0.2) is 4.98 Å². The van der Waals surface area contributed by atoms with Crippen LogP contribution in [0.2, 0.25) is 0 Å². The van der Waals surface area contributed by atoms with E-state index in [0.29, 0.717) is 6.61 Å². The maximum Gasteiger partial charge on any atom is 0.148 e. The van der Waals surface area contributed by atoms with Crippen molar-refractivity contribution in [3.8, 4) is 16.9 Å². The Labute approximate surface area is 193 Å². The third kappa shape index (κ3) is 4.22. The first kappa shape index (κ1) is 20.9. The summed E-state index contributed by atoms with van der Waals surface area (Å²) >= 11 is 0. The standard InChI is InChI=1S/C28H26N4O/c1-19-6-4-7-20(2)24(19)17-32-26-16-23(22-11-14-29-15-12-22)9-10-25(26)31-28(32)18-33-27-8-5-13-30-21(27)3/h4-16H,17-18H2,1-3H3. The fraction of sp³-hybridized carbons (Fsp3) is 0.179. The average molecular weight is 435 g/mol. The third-order valence-corrected chi connectivity index (χ3v) is 6.12. The molecule has 164 valence electrons. The summed E-state index contributed by atoms with van der Waals surface area (Å²) in [6, 6.07) is 20.8. The molecule has 0 aliphatic carbocycles. The van der Waals surface area contributed by atoms with Gasteiger partial charge in [0, 0.05) is 25.1 Å². The summed E-state index contributed by atoms with van der Waals surface area (Å²) < 4.78 is 8.43. The SMILES string of the molecule is Cc1cccc(C)c1Cn1c(COc2cccnc2C)nc2ccc(-c3ccncc3)cc21. The summed E-state index contributed by atoms with van der Waals surface area (Å²) in [5.41, 5.74) is 9.06. The van der Waals surface area contributed by atoms with Gasteiger partial charge in [-0.2, -0.15) is 0 Å². The van der Waals surface area contributed by atoms with Gasteiger partial charge in [0.15, 0.2) is 0 Å². The average Bonchev–Trinajstić information content (AvgIpc) is 3.18. The van der Waals surface area contributed by atoms with Crippen LogP contribution in [-0.2, 0) is 13.2 Å². The number of pyridine rings is 2. The molecule has 0 aliphatic heterocycles. The zero-order chi connectivity index (χ0) is 22.8. The number of benzene rings is 2. The number of rotatable bonds is 6. The Morgan fingerprint density at radius 1 is 0.818 bits per heavy atom. The number of fused-ring (bicyclic) bond motifs is 1. The van der Waals surface area contributed by atoms with Crippen molar-refractivity contribution in [2.45, 2.75) is 33.9 Å². The van der Waals surface area contributed by atoms with Crippen LogP contribution < -0.4 is 4.74 Å². The van der Waals surface area contributed by atoms with Gasteiger partial charge in [0.05, 0.1) is 16.7 Å². The van der Waals surface area contributed by atoms with Crippen molar-refractivity contribution < 1.29 is 4.74 Å². The minimum atomic E-state index is 0.372. The molecule has 0 bridgehead atoms. The number of nitrogens with zero attached hydrogens (tertiary/aromatic N) is 4. The van der Waals surface area contributed by atoms with Crippen LogP contribution in [0.15, 0.2) is 79.3 Å². The Kier molecular flexibility index (Phi) is 5.61. The van der Waals surface area contributed by atoms with Crippen LogP contribution in [0.4, 0.5) is 0 Å². The van der Waals surface area contributed by atoms with E-state index >= 15 is 0 Å². The van der Waals surface area contributed by atoms with E-state index in [2.05, 4.69) is 64.8 Å². The van der Waals surface area contributed by atoms with Gasteiger partial charge in [-0.05, 0) is 85.0 Å². The van der Waals surface area contributed by atoms with E-state index in [-0.39, 0.29) is 0 Å². The monoisotopic (exact) mass is 434 g/mol. The van der Waals surface area contributed by atoms with Crippen molar-refractivity contribution in [1.29, 1.82) is 0 Å². The molecule has 0 aliphatic rings. The van der Waals surface area contributed by atoms with Gasteiger partial charge in [0.25, 0.3) is 0 Å². The van der Waals surface area contributed by atoms with Crippen LogP contribution in [0, 0.1) is 20.8 Å². The maximum absolute atomic E-state index is 6.15. The first-order chi connectivity index (χ1) is 16.1. The summed E-state index contributed by atoms with van der Waals surface area (Å²) in [5.74, 6) is 1.67. The summed E-state index contributed by atoms with van der Waals surface area (Å²) in [6.45, 7) is 7.39. The zero-order valence-corrected chi connectivity index (χ0v) is 19.1. The molecule has 0 fully saturated rings. The molecule has 3 heterocycles. The molecule has 3 aromatic heterocycles. The number of hydrogen-bond donors (Lipinski definition) is 0. The molecular formula is C28H26N4O. The maximum atomic E-state index is 6.15. The van der Waals surface area contributed by atoms with Crippen molar-refractivity contribution in [2.75, 3.05) is 0 Å². The molecule has 0 N–H and O–H groups in total. The number of aromatic nitrogens is 4. The highest BCUT2D eigenvalue weighted by molar-refractivity contribution is 5.82. The Morgan fingerprint density at radius 2 is 1.61 bits per heavy atom. The van der Waals surface area contributed by atoms with Gasteiger partial charge in [-0.15, -0.1) is 0 Å². The molecule has 0 atom stereocenters. The second-order valence-corrected chi connectivity index (χ2v) is 8.30. The Balaban J connectivity index is 1.60. The van der Waals surface area contributed by atoms with E-state index in [0.717, 1.165) is 46.0 Å². The highest BCUT2D eigenvalue weighted by Gasteiger charge is 2.15. The lowest BCUT2D eigenvalue weighted by molar-refractivity contribution is 0.288. The third-order valence-electron chi connectivity index (χ3n) is 6.12. The smallest absolute Gasteiger partial charge is 0.148 e. The Morgan fingerprint density at radius 3 is 2.36 bits per heavy atom. The highest BCUT2D eigenvalue weighted by atomic mass is 16.5. The molecular weight excluding hydrogens is 408 g/mol. The molecule has 2 aromatic carbocycles. The molecule has 33 heavy (non-hydrogen) atoms. The van der Waals surface area contributed by atoms with Crippen LogP contribution in [0.25, 0.3) is 22.2 Å². The van der Waals surface area contributed by atoms with Crippen LogP contribution in [0.3, 0.4) is 0 Å². The molecule has 0 radical (unpaired) electrons. The van der Waals surface area contributed by atoms with Crippen molar-refractivity contribution >= 4 is 11.0 Å². The van der Waals surface area contributed by atoms with Gasteiger partial charge >= 0.3 is 0 Å². The molecule has 0 unspecified atom stereocenters. The van der Waals surface area contributed by atoms with Gasteiger partial charge in [-0.3, -0.25) is 9.97 Å².